The number of anilines is 1. The molecule has 1 N–H and O–H groups in total. The number of aromatic nitrogens is 1. The predicted molar refractivity (Wildman–Crippen MR) is 87.2 cm³/mol. The molecule has 1 amide bonds. The Labute approximate surface area is 133 Å². The smallest absolute Gasteiger partial charge is 0.236 e. The zero-order chi connectivity index (χ0) is 15.0. The summed E-state index contributed by atoms with van der Waals surface area (Å²) in [4.78, 5) is 17.1. The number of nitrogens with one attached hydrogen (secondary N) is 1. The Morgan fingerprint density at radius 1 is 1.43 bits per heavy atom. The lowest BCUT2D eigenvalue weighted by atomic mass is 9.95. The molecular weight excluding hydrogens is 304 g/mol. The number of benzene rings is 1. The number of carbonyl (C=O) groups is 1. The molecular formula is C16H17ClN2OS. The number of hydrogen-bond acceptors (Lipinski definition) is 3. The molecule has 1 fully saturated rings. The first-order valence-electron chi connectivity index (χ1n) is 7.04. The van der Waals surface area contributed by atoms with E-state index < -0.39 is 5.41 Å². The Hall–Kier alpha value is -1.39. The van der Waals surface area contributed by atoms with Crippen LogP contribution < -0.4 is 5.32 Å². The van der Waals surface area contributed by atoms with Crippen LogP contribution in [-0.2, 0) is 10.2 Å². The van der Waals surface area contributed by atoms with E-state index in [1.165, 1.54) is 11.3 Å². The van der Waals surface area contributed by atoms with Gasteiger partial charge < -0.3 is 5.32 Å². The SMILES string of the molecule is CC(C)c1csc(NC(=O)C2(c3cccc(Cl)c3)CC2)n1. The molecule has 1 saturated carbocycles. The van der Waals surface area contributed by atoms with E-state index in [0.717, 1.165) is 24.1 Å². The second kappa shape index (κ2) is 5.43. The Morgan fingerprint density at radius 2 is 2.19 bits per heavy atom. The van der Waals surface area contributed by atoms with Gasteiger partial charge in [0.05, 0.1) is 11.1 Å². The molecule has 1 aliphatic rings. The van der Waals surface area contributed by atoms with Gasteiger partial charge in [0.2, 0.25) is 5.91 Å². The normalized spacial score (nSPS) is 16.0. The topological polar surface area (TPSA) is 42.0 Å². The van der Waals surface area contributed by atoms with Gasteiger partial charge in [-0.05, 0) is 36.5 Å². The second-order valence-corrected chi connectivity index (χ2v) is 7.07. The Balaban J connectivity index is 1.78. The zero-order valence-electron chi connectivity index (χ0n) is 12.0. The molecule has 0 atom stereocenters. The van der Waals surface area contributed by atoms with E-state index in [1.807, 2.05) is 29.6 Å². The maximum atomic E-state index is 12.6. The van der Waals surface area contributed by atoms with Crippen LogP contribution in [0.2, 0.25) is 5.02 Å². The highest BCUT2D eigenvalue weighted by molar-refractivity contribution is 7.13. The van der Waals surface area contributed by atoms with E-state index >= 15 is 0 Å². The van der Waals surface area contributed by atoms with Crippen molar-refractivity contribution in [1.82, 2.24) is 4.98 Å². The highest BCUT2D eigenvalue weighted by Crippen LogP contribution is 2.49. The van der Waals surface area contributed by atoms with Crippen LogP contribution in [0.1, 0.15) is 43.9 Å². The van der Waals surface area contributed by atoms with Crippen molar-refractivity contribution in [2.75, 3.05) is 5.32 Å². The van der Waals surface area contributed by atoms with Gasteiger partial charge in [-0.1, -0.05) is 37.6 Å². The van der Waals surface area contributed by atoms with Gasteiger partial charge in [-0.2, -0.15) is 0 Å². The molecule has 0 saturated heterocycles. The zero-order valence-corrected chi connectivity index (χ0v) is 13.6. The molecule has 0 radical (unpaired) electrons. The van der Waals surface area contributed by atoms with Crippen LogP contribution in [-0.4, -0.2) is 10.9 Å². The predicted octanol–water partition coefficient (Wildman–Crippen LogP) is 4.59. The Bertz CT molecular complexity index is 676. The van der Waals surface area contributed by atoms with E-state index in [9.17, 15) is 4.79 Å². The summed E-state index contributed by atoms with van der Waals surface area (Å²) in [6.07, 6.45) is 1.73. The number of amides is 1. The van der Waals surface area contributed by atoms with E-state index in [2.05, 4.69) is 24.1 Å². The number of rotatable bonds is 4. The molecule has 0 aliphatic heterocycles. The molecule has 5 heteroatoms. The fourth-order valence-corrected chi connectivity index (χ4v) is 3.44. The Morgan fingerprint density at radius 3 is 2.76 bits per heavy atom. The molecule has 2 aromatic rings. The molecule has 0 bridgehead atoms. The number of hydrogen-bond donors (Lipinski definition) is 1. The third-order valence-corrected chi connectivity index (χ3v) is 4.91. The van der Waals surface area contributed by atoms with E-state index in [4.69, 9.17) is 11.6 Å². The first-order chi connectivity index (χ1) is 10.0. The lowest BCUT2D eigenvalue weighted by Crippen LogP contribution is -2.27. The van der Waals surface area contributed by atoms with E-state index in [1.54, 1.807) is 0 Å². The van der Waals surface area contributed by atoms with Crippen molar-refractivity contribution in [2.24, 2.45) is 0 Å². The van der Waals surface area contributed by atoms with Crippen LogP contribution in [0.3, 0.4) is 0 Å². The van der Waals surface area contributed by atoms with Crippen LogP contribution in [0.15, 0.2) is 29.6 Å². The third kappa shape index (κ3) is 2.83. The average molecular weight is 321 g/mol. The lowest BCUT2D eigenvalue weighted by molar-refractivity contribution is -0.118. The van der Waals surface area contributed by atoms with Crippen LogP contribution in [0.25, 0.3) is 0 Å². The van der Waals surface area contributed by atoms with Gasteiger partial charge in [0.15, 0.2) is 5.13 Å². The largest absolute Gasteiger partial charge is 0.301 e. The molecule has 21 heavy (non-hydrogen) atoms. The summed E-state index contributed by atoms with van der Waals surface area (Å²) >= 11 is 7.52. The van der Waals surface area contributed by atoms with Crippen molar-refractivity contribution in [3.05, 3.63) is 45.9 Å². The van der Waals surface area contributed by atoms with Gasteiger partial charge in [-0.3, -0.25) is 4.79 Å². The first-order valence-corrected chi connectivity index (χ1v) is 8.30. The first kappa shape index (κ1) is 14.5. The van der Waals surface area contributed by atoms with Crippen molar-refractivity contribution in [2.45, 2.75) is 38.0 Å². The Kier molecular flexibility index (Phi) is 3.76. The fourth-order valence-electron chi connectivity index (χ4n) is 2.38. The summed E-state index contributed by atoms with van der Waals surface area (Å²) in [5, 5.41) is 6.31. The highest BCUT2D eigenvalue weighted by Gasteiger charge is 2.51. The number of thiazole rings is 1. The van der Waals surface area contributed by atoms with Gasteiger partial charge >= 0.3 is 0 Å². The maximum Gasteiger partial charge on any atom is 0.236 e. The maximum absolute atomic E-state index is 12.6. The summed E-state index contributed by atoms with van der Waals surface area (Å²) in [5.41, 5.74) is 1.59. The van der Waals surface area contributed by atoms with Crippen LogP contribution >= 0.6 is 22.9 Å². The third-order valence-electron chi connectivity index (χ3n) is 3.90. The summed E-state index contributed by atoms with van der Waals surface area (Å²) in [6.45, 7) is 4.18. The standard InChI is InChI=1S/C16H17ClN2OS/c1-10(2)13-9-21-15(18-13)19-14(20)16(6-7-16)11-4-3-5-12(17)8-11/h3-5,8-10H,6-7H2,1-2H3,(H,18,19,20). The summed E-state index contributed by atoms with van der Waals surface area (Å²) in [7, 11) is 0. The highest BCUT2D eigenvalue weighted by atomic mass is 35.5. The van der Waals surface area contributed by atoms with Crippen LogP contribution in [0.4, 0.5) is 5.13 Å². The monoisotopic (exact) mass is 320 g/mol. The minimum atomic E-state index is -0.422. The van der Waals surface area contributed by atoms with Gasteiger partial charge in [0.25, 0.3) is 0 Å². The molecule has 3 nitrogen and oxygen atoms in total. The summed E-state index contributed by atoms with van der Waals surface area (Å²) < 4.78 is 0. The van der Waals surface area contributed by atoms with Crippen LogP contribution in [0, 0.1) is 0 Å². The molecule has 0 spiro atoms. The van der Waals surface area contributed by atoms with Crippen molar-refractivity contribution in [1.29, 1.82) is 0 Å². The second-order valence-electron chi connectivity index (χ2n) is 5.78. The molecule has 0 unspecified atom stereocenters. The van der Waals surface area contributed by atoms with Crippen molar-refractivity contribution in [3.63, 3.8) is 0 Å². The number of carbonyl (C=O) groups excluding carboxylic acids is 1. The van der Waals surface area contributed by atoms with E-state index in [-0.39, 0.29) is 5.91 Å². The number of halogens is 1. The van der Waals surface area contributed by atoms with Crippen molar-refractivity contribution in [3.8, 4) is 0 Å². The quantitative estimate of drug-likeness (QED) is 0.895. The molecule has 3 rings (SSSR count). The van der Waals surface area contributed by atoms with Crippen LogP contribution in [0.5, 0.6) is 0 Å². The van der Waals surface area contributed by atoms with Gasteiger partial charge in [0, 0.05) is 10.4 Å². The lowest BCUT2D eigenvalue weighted by Gasteiger charge is -2.14. The summed E-state index contributed by atoms with van der Waals surface area (Å²) in [5.74, 6) is 0.393. The molecule has 1 aromatic heterocycles. The number of nitrogens with zero attached hydrogens (tertiary/aromatic N) is 1. The average Bonchev–Trinajstić information content (AvgIpc) is 3.13. The molecule has 1 aliphatic carbocycles. The van der Waals surface area contributed by atoms with Crippen molar-refractivity contribution >= 4 is 34.0 Å². The van der Waals surface area contributed by atoms with E-state index in [0.29, 0.717) is 16.1 Å². The minimum absolute atomic E-state index is 0.0226. The van der Waals surface area contributed by atoms with Crippen molar-refractivity contribution < 1.29 is 4.79 Å². The molecule has 1 heterocycles. The van der Waals surface area contributed by atoms with Gasteiger partial charge in [-0.15, -0.1) is 11.3 Å². The molecule has 1 aromatic carbocycles. The molecule has 110 valence electrons. The summed E-state index contributed by atoms with van der Waals surface area (Å²) in [6, 6.07) is 7.58. The van der Waals surface area contributed by atoms with Gasteiger partial charge in [-0.25, -0.2) is 4.98 Å². The minimum Gasteiger partial charge on any atom is -0.301 e. The fraction of sp³-hybridized carbons (Fsp3) is 0.375. The van der Waals surface area contributed by atoms with Gasteiger partial charge in [0.1, 0.15) is 0 Å².